The van der Waals surface area contributed by atoms with Crippen molar-refractivity contribution in [3.05, 3.63) is 35.4 Å². The first-order valence-corrected chi connectivity index (χ1v) is 7.03. The standard InChI is InChI=1S/C15H20F2N2O2/c1-11-4-2-3-5-12(11)14-15(20)18-6-7-19(14)8-9-21-10-13(16)17/h2-5,13-14H,6-10H2,1H3,(H,18,20)/t14-/m1/s1. The van der Waals surface area contributed by atoms with Crippen molar-refractivity contribution >= 4 is 5.91 Å². The van der Waals surface area contributed by atoms with Gasteiger partial charge in [0.2, 0.25) is 5.91 Å². The Bertz CT molecular complexity index is 482. The third-order valence-electron chi connectivity index (χ3n) is 3.56. The first kappa shape index (κ1) is 15.9. The molecule has 1 amide bonds. The van der Waals surface area contributed by atoms with Gasteiger partial charge in [0.1, 0.15) is 12.6 Å². The zero-order valence-electron chi connectivity index (χ0n) is 12.0. The van der Waals surface area contributed by atoms with Crippen LogP contribution in [0.2, 0.25) is 0 Å². The predicted molar refractivity (Wildman–Crippen MR) is 75.3 cm³/mol. The molecule has 1 saturated heterocycles. The van der Waals surface area contributed by atoms with Gasteiger partial charge in [0.05, 0.1) is 6.61 Å². The lowest BCUT2D eigenvalue weighted by atomic mass is 9.98. The maximum absolute atomic E-state index is 12.2. The monoisotopic (exact) mass is 298 g/mol. The number of rotatable bonds is 6. The molecule has 21 heavy (non-hydrogen) atoms. The highest BCUT2D eigenvalue weighted by Gasteiger charge is 2.31. The van der Waals surface area contributed by atoms with Gasteiger partial charge in [0.25, 0.3) is 6.43 Å². The van der Waals surface area contributed by atoms with Crippen LogP contribution in [0.3, 0.4) is 0 Å². The van der Waals surface area contributed by atoms with Gasteiger partial charge in [0.15, 0.2) is 0 Å². The van der Waals surface area contributed by atoms with Crippen LogP contribution in [0, 0.1) is 6.92 Å². The Morgan fingerprint density at radius 3 is 2.90 bits per heavy atom. The summed E-state index contributed by atoms with van der Waals surface area (Å²) in [7, 11) is 0. The van der Waals surface area contributed by atoms with Gasteiger partial charge in [-0.25, -0.2) is 8.78 Å². The van der Waals surface area contributed by atoms with Crippen LogP contribution >= 0.6 is 0 Å². The van der Waals surface area contributed by atoms with Gasteiger partial charge in [0, 0.05) is 19.6 Å². The van der Waals surface area contributed by atoms with Crippen molar-refractivity contribution in [2.24, 2.45) is 0 Å². The molecular formula is C15H20F2N2O2. The van der Waals surface area contributed by atoms with Gasteiger partial charge in [-0.3, -0.25) is 9.69 Å². The zero-order valence-corrected chi connectivity index (χ0v) is 12.0. The zero-order chi connectivity index (χ0) is 15.2. The molecule has 0 aliphatic carbocycles. The number of ether oxygens (including phenoxy) is 1. The second-order valence-electron chi connectivity index (χ2n) is 5.05. The van der Waals surface area contributed by atoms with Crippen LogP contribution in [0.15, 0.2) is 24.3 Å². The van der Waals surface area contributed by atoms with Gasteiger partial charge in [-0.05, 0) is 18.1 Å². The summed E-state index contributed by atoms with van der Waals surface area (Å²) >= 11 is 0. The third kappa shape index (κ3) is 4.22. The van der Waals surface area contributed by atoms with Crippen molar-refractivity contribution in [1.82, 2.24) is 10.2 Å². The number of halogens is 2. The molecule has 0 saturated carbocycles. The van der Waals surface area contributed by atoms with Crippen LogP contribution in [0.1, 0.15) is 17.2 Å². The summed E-state index contributed by atoms with van der Waals surface area (Å²) in [6.07, 6.45) is -2.46. The largest absolute Gasteiger partial charge is 0.374 e. The molecule has 0 unspecified atom stereocenters. The average Bonchev–Trinajstić information content (AvgIpc) is 2.45. The molecule has 1 aromatic carbocycles. The molecule has 1 aliphatic rings. The van der Waals surface area contributed by atoms with Crippen molar-refractivity contribution in [3.63, 3.8) is 0 Å². The molecule has 2 rings (SSSR count). The maximum Gasteiger partial charge on any atom is 0.261 e. The van der Waals surface area contributed by atoms with E-state index in [2.05, 4.69) is 5.32 Å². The summed E-state index contributed by atoms with van der Waals surface area (Å²) in [5.41, 5.74) is 1.99. The Balaban J connectivity index is 2.04. The van der Waals surface area contributed by atoms with Gasteiger partial charge >= 0.3 is 0 Å². The molecule has 6 heteroatoms. The van der Waals surface area contributed by atoms with Crippen molar-refractivity contribution in [3.8, 4) is 0 Å². The lowest BCUT2D eigenvalue weighted by Crippen LogP contribution is -2.51. The van der Waals surface area contributed by atoms with Gasteiger partial charge in [-0.15, -0.1) is 0 Å². The Hall–Kier alpha value is -1.53. The number of carbonyl (C=O) groups is 1. The molecule has 1 atom stereocenters. The van der Waals surface area contributed by atoms with Crippen LogP contribution in [-0.4, -0.2) is 50.1 Å². The second kappa shape index (κ2) is 7.47. The molecule has 116 valence electrons. The number of benzene rings is 1. The maximum atomic E-state index is 12.2. The molecule has 1 fully saturated rings. The lowest BCUT2D eigenvalue weighted by molar-refractivity contribution is -0.129. The SMILES string of the molecule is Cc1ccccc1[C@@H]1C(=O)NCCN1CCOCC(F)F. The van der Waals surface area contributed by atoms with E-state index < -0.39 is 13.0 Å². The molecule has 4 nitrogen and oxygen atoms in total. The van der Waals surface area contributed by atoms with E-state index in [0.29, 0.717) is 19.6 Å². The fraction of sp³-hybridized carbons (Fsp3) is 0.533. The highest BCUT2D eigenvalue weighted by atomic mass is 19.3. The summed E-state index contributed by atoms with van der Waals surface area (Å²) in [5, 5.41) is 2.86. The number of carbonyl (C=O) groups excluding carboxylic acids is 1. The topological polar surface area (TPSA) is 41.6 Å². The predicted octanol–water partition coefficient (Wildman–Crippen LogP) is 1.75. The Kier molecular flexibility index (Phi) is 5.64. The van der Waals surface area contributed by atoms with E-state index in [0.717, 1.165) is 11.1 Å². The smallest absolute Gasteiger partial charge is 0.261 e. The van der Waals surface area contributed by atoms with Crippen LogP contribution in [-0.2, 0) is 9.53 Å². The van der Waals surface area contributed by atoms with E-state index in [1.54, 1.807) is 0 Å². The first-order chi connectivity index (χ1) is 10.1. The van der Waals surface area contributed by atoms with E-state index in [4.69, 9.17) is 4.74 Å². The Labute approximate surface area is 123 Å². The van der Waals surface area contributed by atoms with E-state index in [9.17, 15) is 13.6 Å². The van der Waals surface area contributed by atoms with Gasteiger partial charge < -0.3 is 10.1 Å². The van der Waals surface area contributed by atoms with E-state index in [-0.39, 0.29) is 18.6 Å². The Morgan fingerprint density at radius 1 is 1.43 bits per heavy atom. The third-order valence-corrected chi connectivity index (χ3v) is 3.56. The van der Waals surface area contributed by atoms with Crippen molar-refractivity contribution in [2.75, 3.05) is 32.8 Å². The molecule has 1 heterocycles. The second-order valence-corrected chi connectivity index (χ2v) is 5.05. The van der Waals surface area contributed by atoms with E-state index in [1.165, 1.54) is 0 Å². The summed E-state index contributed by atoms with van der Waals surface area (Å²) in [4.78, 5) is 14.2. The molecule has 1 aliphatic heterocycles. The van der Waals surface area contributed by atoms with E-state index >= 15 is 0 Å². The highest BCUT2D eigenvalue weighted by molar-refractivity contribution is 5.84. The normalized spacial score (nSPS) is 19.8. The van der Waals surface area contributed by atoms with E-state index in [1.807, 2.05) is 36.1 Å². The van der Waals surface area contributed by atoms with Crippen molar-refractivity contribution < 1.29 is 18.3 Å². The Morgan fingerprint density at radius 2 is 2.19 bits per heavy atom. The average molecular weight is 298 g/mol. The molecule has 0 bridgehead atoms. The number of nitrogens with one attached hydrogen (secondary N) is 1. The molecule has 0 aromatic heterocycles. The van der Waals surface area contributed by atoms with Crippen molar-refractivity contribution in [1.29, 1.82) is 0 Å². The van der Waals surface area contributed by atoms with Crippen LogP contribution in [0.4, 0.5) is 8.78 Å². The minimum atomic E-state index is -2.46. The summed E-state index contributed by atoms with van der Waals surface area (Å²) in [5.74, 6) is -0.0515. The number of alkyl halides is 2. The molecule has 0 spiro atoms. The number of hydrogen-bond donors (Lipinski definition) is 1. The molecule has 1 aromatic rings. The van der Waals surface area contributed by atoms with Gasteiger partial charge in [-0.2, -0.15) is 0 Å². The van der Waals surface area contributed by atoms with Crippen LogP contribution in [0.25, 0.3) is 0 Å². The molecule has 0 radical (unpaired) electrons. The number of aryl methyl sites for hydroxylation is 1. The number of hydrogen-bond acceptors (Lipinski definition) is 3. The lowest BCUT2D eigenvalue weighted by Gasteiger charge is -2.35. The van der Waals surface area contributed by atoms with Crippen LogP contribution in [0.5, 0.6) is 0 Å². The number of nitrogens with zero attached hydrogens (tertiary/aromatic N) is 1. The number of amides is 1. The fourth-order valence-corrected chi connectivity index (χ4v) is 2.54. The highest BCUT2D eigenvalue weighted by Crippen LogP contribution is 2.25. The van der Waals surface area contributed by atoms with Crippen molar-refractivity contribution in [2.45, 2.75) is 19.4 Å². The first-order valence-electron chi connectivity index (χ1n) is 7.03. The molecule has 1 N–H and O–H groups in total. The molecular weight excluding hydrogens is 278 g/mol. The summed E-state index contributed by atoms with van der Waals surface area (Å²) in [6.45, 7) is 3.30. The quantitative estimate of drug-likeness (QED) is 0.814. The summed E-state index contributed by atoms with van der Waals surface area (Å²) in [6, 6.07) is 7.33. The minimum absolute atomic E-state index is 0.0515. The van der Waals surface area contributed by atoms with Crippen LogP contribution < -0.4 is 5.32 Å². The van der Waals surface area contributed by atoms with Gasteiger partial charge in [-0.1, -0.05) is 24.3 Å². The number of piperazine rings is 1. The summed E-state index contributed by atoms with van der Waals surface area (Å²) < 4.78 is 29.0. The minimum Gasteiger partial charge on any atom is -0.374 e. The fourth-order valence-electron chi connectivity index (χ4n) is 2.54.